The first-order valence-electron chi connectivity index (χ1n) is 10.4. The van der Waals surface area contributed by atoms with Crippen LogP contribution in [0.1, 0.15) is 62.0 Å². The lowest BCUT2D eigenvalue weighted by Crippen LogP contribution is -2.32. The molecule has 8 heteroatoms. The molecule has 0 radical (unpaired) electrons. The highest BCUT2D eigenvalue weighted by Crippen LogP contribution is 2.44. The van der Waals surface area contributed by atoms with Crippen molar-refractivity contribution in [2.24, 2.45) is 0 Å². The maximum Gasteiger partial charge on any atom is 0.407 e. The predicted molar refractivity (Wildman–Crippen MR) is 116 cm³/mol. The van der Waals surface area contributed by atoms with Crippen LogP contribution in [0.25, 0.3) is 11.1 Å². The Morgan fingerprint density at radius 1 is 1.09 bits per heavy atom. The molecule has 0 unspecified atom stereocenters. The fraction of sp³-hybridized carbons (Fsp3) is 0.333. The molecule has 166 valence electrons. The molecule has 1 heterocycles. The van der Waals surface area contributed by atoms with Crippen LogP contribution in [0.4, 0.5) is 4.79 Å². The van der Waals surface area contributed by atoms with E-state index in [1.54, 1.807) is 0 Å². The highest BCUT2D eigenvalue weighted by molar-refractivity contribution is 5.79. The highest BCUT2D eigenvalue weighted by Gasteiger charge is 2.31. The van der Waals surface area contributed by atoms with E-state index in [1.807, 2.05) is 57.2 Å². The van der Waals surface area contributed by atoms with Crippen LogP contribution in [0.2, 0.25) is 0 Å². The summed E-state index contributed by atoms with van der Waals surface area (Å²) >= 11 is 0. The average Bonchev–Trinajstić information content (AvgIpc) is 3.35. The average molecular weight is 435 g/mol. The number of nitrogens with one attached hydrogen (secondary N) is 1. The summed E-state index contributed by atoms with van der Waals surface area (Å²) in [6, 6.07) is 15.1. The number of carbonyl (C=O) groups excluding carboxylic acids is 1. The van der Waals surface area contributed by atoms with Crippen LogP contribution >= 0.6 is 0 Å². The van der Waals surface area contributed by atoms with Gasteiger partial charge in [-0.1, -0.05) is 74.5 Å². The van der Waals surface area contributed by atoms with Gasteiger partial charge < -0.3 is 19.7 Å². The zero-order valence-electron chi connectivity index (χ0n) is 18.2. The van der Waals surface area contributed by atoms with Crippen molar-refractivity contribution in [3.8, 4) is 11.1 Å². The van der Waals surface area contributed by atoms with Gasteiger partial charge in [0.05, 0.1) is 6.42 Å². The number of carboxylic acid groups (broad SMARTS) is 1. The number of carboxylic acids is 1. The van der Waals surface area contributed by atoms with Crippen LogP contribution in [-0.4, -0.2) is 33.9 Å². The third kappa shape index (κ3) is 4.34. The van der Waals surface area contributed by atoms with E-state index >= 15 is 0 Å². The largest absolute Gasteiger partial charge is 0.481 e. The fourth-order valence-electron chi connectivity index (χ4n) is 3.84. The van der Waals surface area contributed by atoms with Gasteiger partial charge in [-0.2, -0.15) is 4.98 Å². The van der Waals surface area contributed by atoms with Gasteiger partial charge in [0.1, 0.15) is 12.6 Å². The molecule has 0 aliphatic heterocycles. The van der Waals surface area contributed by atoms with Crippen molar-refractivity contribution in [2.75, 3.05) is 6.61 Å². The zero-order chi connectivity index (χ0) is 22.9. The Morgan fingerprint density at radius 3 is 2.22 bits per heavy atom. The predicted octanol–water partition coefficient (Wildman–Crippen LogP) is 4.42. The minimum absolute atomic E-state index is 0.0332. The molecular weight excluding hydrogens is 410 g/mol. The van der Waals surface area contributed by atoms with Crippen molar-refractivity contribution >= 4 is 12.1 Å². The van der Waals surface area contributed by atoms with E-state index in [2.05, 4.69) is 27.6 Å². The number of hydrogen-bond donors (Lipinski definition) is 2. The molecule has 0 bridgehead atoms. The van der Waals surface area contributed by atoms with Gasteiger partial charge in [-0.05, 0) is 22.3 Å². The third-order valence-corrected chi connectivity index (χ3v) is 5.43. The summed E-state index contributed by atoms with van der Waals surface area (Å²) in [5.41, 5.74) is 4.06. The number of benzene rings is 2. The van der Waals surface area contributed by atoms with Gasteiger partial charge in [0.15, 0.2) is 5.82 Å². The van der Waals surface area contributed by atoms with Gasteiger partial charge in [-0.3, -0.25) is 4.79 Å². The molecule has 8 nitrogen and oxygen atoms in total. The second kappa shape index (κ2) is 8.45. The SMILES string of the molecule is CC(C)(C)c1noc([C@H](CC(=O)O)NC(=O)OCC2c3ccccc3-c3ccccc32)n1. The number of aromatic nitrogens is 2. The van der Waals surface area contributed by atoms with E-state index in [0.29, 0.717) is 5.82 Å². The Hall–Kier alpha value is -3.68. The molecule has 1 aliphatic carbocycles. The van der Waals surface area contributed by atoms with Crippen LogP contribution in [0.15, 0.2) is 53.1 Å². The molecule has 1 amide bonds. The first kappa shape index (κ1) is 21.5. The van der Waals surface area contributed by atoms with Crippen LogP contribution in [0.3, 0.4) is 0 Å². The first-order valence-corrected chi connectivity index (χ1v) is 10.4. The third-order valence-electron chi connectivity index (χ3n) is 5.43. The molecule has 1 aromatic heterocycles. The maximum atomic E-state index is 12.6. The highest BCUT2D eigenvalue weighted by atomic mass is 16.5. The number of alkyl carbamates (subject to hydrolysis) is 1. The molecule has 0 saturated heterocycles. The molecule has 1 atom stereocenters. The smallest absolute Gasteiger partial charge is 0.407 e. The summed E-state index contributed by atoms with van der Waals surface area (Å²) in [5.74, 6) is -0.741. The van der Waals surface area contributed by atoms with E-state index < -0.39 is 24.5 Å². The minimum atomic E-state index is -1.11. The van der Waals surface area contributed by atoms with Crippen LogP contribution in [-0.2, 0) is 14.9 Å². The van der Waals surface area contributed by atoms with Crippen molar-refractivity contribution in [1.82, 2.24) is 15.5 Å². The topological polar surface area (TPSA) is 115 Å². The molecule has 1 aliphatic rings. The number of aliphatic carboxylic acids is 1. The Bertz CT molecular complexity index is 1100. The standard InChI is InChI=1S/C24H25N3O5/c1-24(2,3)22-26-21(32-27-22)19(12-20(28)29)25-23(30)31-13-18-16-10-6-4-8-14(16)15-9-5-7-11-17(15)18/h4-11,18-19H,12-13H2,1-3H3,(H,25,30)(H,28,29)/t19-/m0/s1. The number of nitrogens with zero attached hydrogens (tertiary/aromatic N) is 2. The molecule has 0 spiro atoms. The Balaban J connectivity index is 1.47. The van der Waals surface area contributed by atoms with Gasteiger partial charge in [0.25, 0.3) is 0 Å². The lowest BCUT2D eigenvalue weighted by Gasteiger charge is -2.17. The number of rotatable bonds is 6. The van der Waals surface area contributed by atoms with E-state index in [-0.39, 0.29) is 23.8 Å². The molecule has 0 saturated carbocycles. The second-order valence-corrected chi connectivity index (χ2v) is 8.83. The Morgan fingerprint density at radius 2 is 1.69 bits per heavy atom. The van der Waals surface area contributed by atoms with E-state index in [0.717, 1.165) is 22.3 Å². The van der Waals surface area contributed by atoms with Gasteiger partial charge in [-0.15, -0.1) is 0 Å². The molecule has 3 aromatic rings. The first-order chi connectivity index (χ1) is 15.2. The Kier molecular flexibility index (Phi) is 5.69. The summed E-state index contributed by atoms with van der Waals surface area (Å²) in [7, 11) is 0. The minimum Gasteiger partial charge on any atom is -0.481 e. The molecule has 4 rings (SSSR count). The zero-order valence-corrected chi connectivity index (χ0v) is 18.2. The van der Waals surface area contributed by atoms with Crippen molar-refractivity contribution in [1.29, 1.82) is 0 Å². The number of ether oxygens (including phenoxy) is 1. The molecule has 0 fully saturated rings. The quantitative estimate of drug-likeness (QED) is 0.589. The van der Waals surface area contributed by atoms with Crippen LogP contribution in [0, 0.1) is 0 Å². The molecule has 32 heavy (non-hydrogen) atoms. The van der Waals surface area contributed by atoms with Crippen molar-refractivity contribution in [2.45, 2.75) is 44.6 Å². The molecule has 2 N–H and O–H groups in total. The summed E-state index contributed by atoms with van der Waals surface area (Å²) in [6.45, 7) is 5.85. The summed E-state index contributed by atoms with van der Waals surface area (Å²) in [5, 5.41) is 15.7. The van der Waals surface area contributed by atoms with Crippen LogP contribution < -0.4 is 5.32 Å². The lowest BCUT2D eigenvalue weighted by molar-refractivity contribution is -0.137. The number of hydrogen-bond acceptors (Lipinski definition) is 6. The lowest BCUT2D eigenvalue weighted by atomic mass is 9.96. The van der Waals surface area contributed by atoms with Gasteiger partial charge >= 0.3 is 12.1 Å². The second-order valence-electron chi connectivity index (χ2n) is 8.83. The van der Waals surface area contributed by atoms with Gasteiger partial charge in [0.2, 0.25) is 5.89 Å². The summed E-state index contributed by atoms with van der Waals surface area (Å²) in [4.78, 5) is 28.2. The normalized spacial score (nSPS) is 13.8. The van der Waals surface area contributed by atoms with Gasteiger partial charge in [-0.25, -0.2) is 4.79 Å². The van der Waals surface area contributed by atoms with Crippen molar-refractivity contribution in [3.63, 3.8) is 0 Å². The molecule has 2 aromatic carbocycles. The molecular formula is C24H25N3O5. The van der Waals surface area contributed by atoms with E-state index in [9.17, 15) is 14.7 Å². The van der Waals surface area contributed by atoms with E-state index in [4.69, 9.17) is 9.26 Å². The fourth-order valence-corrected chi connectivity index (χ4v) is 3.84. The maximum absolute atomic E-state index is 12.6. The van der Waals surface area contributed by atoms with Gasteiger partial charge in [0, 0.05) is 11.3 Å². The Labute approximate surface area is 185 Å². The number of carbonyl (C=O) groups is 2. The number of amides is 1. The summed E-state index contributed by atoms with van der Waals surface area (Å²) in [6.07, 6.45) is -1.15. The van der Waals surface area contributed by atoms with E-state index in [1.165, 1.54) is 0 Å². The van der Waals surface area contributed by atoms with Crippen molar-refractivity contribution < 1.29 is 24.0 Å². The van der Waals surface area contributed by atoms with Crippen LogP contribution in [0.5, 0.6) is 0 Å². The van der Waals surface area contributed by atoms with Crippen molar-refractivity contribution in [3.05, 3.63) is 71.4 Å². The monoisotopic (exact) mass is 435 g/mol. The number of fused-ring (bicyclic) bond motifs is 3. The summed E-state index contributed by atoms with van der Waals surface area (Å²) < 4.78 is 10.7.